The predicted molar refractivity (Wildman–Crippen MR) is 95.5 cm³/mol. The van der Waals surface area contributed by atoms with Crippen molar-refractivity contribution in [1.82, 2.24) is 24.8 Å². The molecule has 4 rings (SSSR count). The van der Waals surface area contributed by atoms with Gasteiger partial charge in [-0.05, 0) is 38.1 Å². The van der Waals surface area contributed by atoms with Crippen LogP contribution in [0, 0.1) is 13.8 Å². The van der Waals surface area contributed by atoms with Crippen LogP contribution in [-0.4, -0.2) is 56.9 Å². The quantitative estimate of drug-likeness (QED) is 0.715. The standard InChI is InChI=1S/C18H20N6O2/c1-13-17(14(2)26-21-13)18(25)24-11-9-23(10-12-24)16-6-5-15(19-20-16)22-7-3-4-8-22/h3-8H,9-12H2,1-2H3. The highest BCUT2D eigenvalue weighted by Crippen LogP contribution is 2.18. The van der Waals surface area contributed by atoms with Gasteiger partial charge in [0.1, 0.15) is 11.3 Å². The average molecular weight is 352 g/mol. The molecule has 0 bridgehead atoms. The van der Waals surface area contributed by atoms with Crippen molar-refractivity contribution in [2.45, 2.75) is 13.8 Å². The highest BCUT2D eigenvalue weighted by molar-refractivity contribution is 5.96. The number of anilines is 1. The number of aryl methyl sites for hydroxylation is 2. The molecule has 1 amide bonds. The van der Waals surface area contributed by atoms with Gasteiger partial charge in [0.25, 0.3) is 5.91 Å². The molecule has 0 saturated carbocycles. The molecule has 1 aliphatic rings. The van der Waals surface area contributed by atoms with Gasteiger partial charge in [-0.3, -0.25) is 4.79 Å². The highest BCUT2D eigenvalue weighted by atomic mass is 16.5. The van der Waals surface area contributed by atoms with Crippen molar-refractivity contribution in [3.63, 3.8) is 0 Å². The Kier molecular flexibility index (Phi) is 4.16. The van der Waals surface area contributed by atoms with Gasteiger partial charge in [0.05, 0.1) is 5.69 Å². The molecule has 3 aromatic rings. The van der Waals surface area contributed by atoms with E-state index in [-0.39, 0.29) is 5.91 Å². The lowest BCUT2D eigenvalue weighted by atomic mass is 10.1. The Hall–Kier alpha value is -3.16. The van der Waals surface area contributed by atoms with E-state index in [4.69, 9.17) is 4.52 Å². The summed E-state index contributed by atoms with van der Waals surface area (Å²) in [6.07, 6.45) is 3.87. The first-order valence-corrected chi connectivity index (χ1v) is 8.57. The lowest BCUT2D eigenvalue weighted by molar-refractivity contribution is 0.0744. The topological polar surface area (TPSA) is 80.3 Å². The first-order valence-electron chi connectivity index (χ1n) is 8.57. The molecule has 0 unspecified atom stereocenters. The lowest BCUT2D eigenvalue weighted by Gasteiger charge is -2.35. The first-order chi connectivity index (χ1) is 12.6. The molecule has 0 atom stereocenters. The maximum Gasteiger partial charge on any atom is 0.259 e. The minimum Gasteiger partial charge on any atom is -0.361 e. The Labute approximate surface area is 151 Å². The summed E-state index contributed by atoms with van der Waals surface area (Å²) in [5, 5.41) is 12.5. The second kappa shape index (κ2) is 6.62. The number of carbonyl (C=O) groups is 1. The fourth-order valence-corrected chi connectivity index (χ4v) is 3.20. The summed E-state index contributed by atoms with van der Waals surface area (Å²) >= 11 is 0. The summed E-state index contributed by atoms with van der Waals surface area (Å²) in [5.41, 5.74) is 1.22. The maximum absolute atomic E-state index is 12.7. The molecule has 0 radical (unpaired) electrons. The van der Waals surface area contributed by atoms with Crippen molar-refractivity contribution in [3.8, 4) is 5.82 Å². The zero-order chi connectivity index (χ0) is 18.1. The molecule has 8 heteroatoms. The van der Waals surface area contributed by atoms with Gasteiger partial charge < -0.3 is 18.9 Å². The first kappa shape index (κ1) is 16.3. The van der Waals surface area contributed by atoms with E-state index in [0.717, 1.165) is 11.6 Å². The Morgan fingerprint density at radius 1 is 1.00 bits per heavy atom. The molecule has 134 valence electrons. The molecular formula is C18H20N6O2. The van der Waals surface area contributed by atoms with E-state index in [1.807, 2.05) is 46.1 Å². The highest BCUT2D eigenvalue weighted by Gasteiger charge is 2.27. The van der Waals surface area contributed by atoms with Crippen molar-refractivity contribution in [3.05, 3.63) is 53.7 Å². The molecule has 3 aromatic heterocycles. The Morgan fingerprint density at radius 2 is 1.65 bits per heavy atom. The molecule has 26 heavy (non-hydrogen) atoms. The van der Waals surface area contributed by atoms with Crippen LogP contribution in [0.5, 0.6) is 0 Å². The molecule has 8 nitrogen and oxygen atoms in total. The van der Waals surface area contributed by atoms with E-state index < -0.39 is 0 Å². The van der Waals surface area contributed by atoms with Crippen molar-refractivity contribution in [2.24, 2.45) is 0 Å². The van der Waals surface area contributed by atoms with Crippen molar-refractivity contribution >= 4 is 11.7 Å². The lowest BCUT2D eigenvalue weighted by Crippen LogP contribution is -2.49. The largest absolute Gasteiger partial charge is 0.361 e. The summed E-state index contributed by atoms with van der Waals surface area (Å²) < 4.78 is 7.03. The zero-order valence-electron chi connectivity index (χ0n) is 14.8. The predicted octanol–water partition coefficient (Wildman–Crippen LogP) is 1.83. The molecule has 1 saturated heterocycles. The van der Waals surface area contributed by atoms with Gasteiger partial charge >= 0.3 is 0 Å². The van der Waals surface area contributed by atoms with E-state index in [2.05, 4.69) is 20.3 Å². The van der Waals surface area contributed by atoms with Crippen LogP contribution < -0.4 is 4.90 Å². The van der Waals surface area contributed by atoms with E-state index in [0.29, 0.717) is 43.2 Å². The fraction of sp³-hybridized carbons (Fsp3) is 0.333. The number of aromatic nitrogens is 4. The summed E-state index contributed by atoms with van der Waals surface area (Å²) in [4.78, 5) is 16.7. The maximum atomic E-state index is 12.7. The van der Waals surface area contributed by atoms with Crippen molar-refractivity contribution in [2.75, 3.05) is 31.1 Å². The fourth-order valence-electron chi connectivity index (χ4n) is 3.20. The zero-order valence-corrected chi connectivity index (χ0v) is 14.8. The van der Waals surface area contributed by atoms with Crippen LogP contribution in [-0.2, 0) is 0 Å². The summed E-state index contributed by atoms with van der Waals surface area (Å²) in [6.45, 7) is 6.25. The minimum absolute atomic E-state index is 0.0186. The third-order valence-electron chi connectivity index (χ3n) is 4.64. The SMILES string of the molecule is Cc1noc(C)c1C(=O)N1CCN(c2ccc(-n3cccc3)nn2)CC1. The van der Waals surface area contributed by atoms with Crippen molar-refractivity contribution in [1.29, 1.82) is 0 Å². The number of hydrogen-bond acceptors (Lipinski definition) is 6. The third-order valence-corrected chi connectivity index (χ3v) is 4.64. The minimum atomic E-state index is -0.0186. The van der Waals surface area contributed by atoms with Gasteiger partial charge in [-0.1, -0.05) is 5.16 Å². The molecule has 4 heterocycles. The number of carbonyl (C=O) groups excluding carboxylic acids is 1. The van der Waals surface area contributed by atoms with Crippen LogP contribution >= 0.6 is 0 Å². The molecule has 0 aromatic carbocycles. The Bertz CT molecular complexity index is 873. The smallest absolute Gasteiger partial charge is 0.259 e. The van der Waals surface area contributed by atoms with Gasteiger partial charge in [-0.2, -0.15) is 0 Å². The van der Waals surface area contributed by atoms with Crippen LogP contribution in [0.2, 0.25) is 0 Å². The summed E-state index contributed by atoms with van der Waals surface area (Å²) in [5.74, 6) is 2.16. The molecule has 1 fully saturated rings. The van der Waals surface area contributed by atoms with Crippen LogP contribution in [0.3, 0.4) is 0 Å². The van der Waals surface area contributed by atoms with E-state index >= 15 is 0 Å². The van der Waals surface area contributed by atoms with Crippen LogP contribution in [0.25, 0.3) is 5.82 Å². The second-order valence-corrected chi connectivity index (χ2v) is 6.32. The number of hydrogen-bond donors (Lipinski definition) is 0. The van der Waals surface area contributed by atoms with Gasteiger partial charge in [-0.25, -0.2) is 0 Å². The van der Waals surface area contributed by atoms with Gasteiger partial charge in [0.15, 0.2) is 11.6 Å². The normalized spacial score (nSPS) is 14.7. The van der Waals surface area contributed by atoms with Gasteiger partial charge in [0.2, 0.25) is 0 Å². The average Bonchev–Trinajstić information content (AvgIpc) is 3.32. The molecule has 0 N–H and O–H groups in total. The Morgan fingerprint density at radius 3 is 2.23 bits per heavy atom. The van der Waals surface area contributed by atoms with E-state index in [9.17, 15) is 4.79 Å². The monoisotopic (exact) mass is 352 g/mol. The van der Waals surface area contributed by atoms with E-state index in [1.54, 1.807) is 13.8 Å². The number of piperazine rings is 1. The summed E-state index contributed by atoms with van der Waals surface area (Å²) in [6, 6.07) is 7.81. The molecule has 0 spiro atoms. The van der Waals surface area contributed by atoms with Gasteiger partial charge in [-0.15, -0.1) is 10.2 Å². The Balaban J connectivity index is 1.41. The number of nitrogens with zero attached hydrogens (tertiary/aromatic N) is 6. The summed E-state index contributed by atoms with van der Waals surface area (Å²) in [7, 11) is 0. The van der Waals surface area contributed by atoms with Crippen LogP contribution in [0.4, 0.5) is 5.82 Å². The number of amides is 1. The second-order valence-electron chi connectivity index (χ2n) is 6.32. The van der Waals surface area contributed by atoms with Crippen LogP contribution in [0.1, 0.15) is 21.8 Å². The van der Waals surface area contributed by atoms with E-state index in [1.165, 1.54) is 0 Å². The van der Waals surface area contributed by atoms with Gasteiger partial charge in [0, 0.05) is 38.6 Å². The molecule has 1 aliphatic heterocycles. The third kappa shape index (κ3) is 2.94. The molecule has 0 aliphatic carbocycles. The number of rotatable bonds is 3. The van der Waals surface area contributed by atoms with Crippen molar-refractivity contribution < 1.29 is 9.32 Å². The molecular weight excluding hydrogens is 332 g/mol. The van der Waals surface area contributed by atoms with Crippen LogP contribution in [0.15, 0.2) is 41.2 Å².